The summed E-state index contributed by atoms with van der Waals surface area (Å²) in [5.74, 6) is 0.286. The van der Waals surface area contributed by atoms with E-state index in [1.165, 1.54) is 6.07 Å². The van der Waals surface area contributed by atoms with Crippen molar-refractivity contribution in [1.29, 1.82) is 0 Å². The summed E-state index contributed by atoms with van der Waals surface area (Å²) in [6.07, 6.45) is 1.63. The summed E-state index contributed by atoms with van der Waals surface area (Å²) in [7, 11) is 3.83. The summed E-state index contributed by atoms with van der Waals surface area (Å²) in [4.78, 5) is 12.3. The minimum atomic E-state index is -0.447. The molecule has 5 nitrogen and oxygen atoms in total. The van der Waals surface area contributed by atoms with Gasteiger partial charge in [-0.15, -0.1) is 0 Å². The molecule has 0 aliphatic carbocycles. The van der Waals surface area contributed by atoms with Crippen LogP contribution in [0.15, 0.2) is 24.8 Å². The molecule has 0 amide bonds. The van der Waals surface area contributed by atoms with Gasteiger partial charge in [0.05, 0.1) is 4.92 Å². The molecule has 0 fully saturated rings. The van der Waals surface area contributed by atoms with Crippen LogP contribution in [0.5, 0.6) is 5.75 Å². The summed E-state index contributed by atoms with van der Waals surface area (Å²) >= 11 is 0. The van der Waals surface area contributed by atoms with Gasteiger partial charge in [0.2, 0.25) is 0 Å². The second-order valence-electron chi connectivity index (χ2n) is 3.84. The number of nitro groups is 1. The van der Waals surface area contributed by atoms with Crippen LogP contribution in [-0.4, -0.2) is 37.1 Å². The van der Waals surface area contributed by atoms with Gasteiger partial charge in [-0.05, 0) is 31.8 Å². The number of benzene rings is 1. The smallest absolute Gasteiger partial charge is 0.310 e. The third-order valence-electron chi connectivity index (χ3n) is 2.21. The van der Waals surface area contributed by atoms with Gasteiger partial charge in [-0.2, -0.15) is 0 Å². The molecule has 0 N–H and O–H groups in total. The van der Waals surface area contributed by atoms with Crippen LogP contribution in [0.2, 0.25) is 0 Å². The molecule has 0 bridgehead atoms. The molecule has 0 saturated heterocycles. The van der Waals surface area contributed by atoms with Crippen molar-refractivity contribution >= 4 is 11.8 Å². The molecule has 0 saturated carbocycles. The predicted molar refractivity (Wildman–Crippen MR) is 67.2 cm³/mol. The molecule has 17 heavy (non-hydrogen) atoms. The molecule has 1 aromatic carbocycles. The molecule has 5 heteroatoms. The van der Waals surface area contributed by atoms with Crippen LogP contribution in [0.25, 0.3) is 6.08 Å². The molecule has 0 aromatic heterocycles. The molecule has 0 spiro atoms. The molecular formula is C12H16N2O3. The van der Waals surface area contributed by atoms with Crippen LogP contribution in [0, 0.1) is 10.1 Å². The number of likely N-dealkylation sites (N-methyl/N-ethyl adjacent to an activating group) is 1. The number of nitrogens with zero attached hydrogens (tertiary/aromatic N) is 2. The van der Waals surface area contributed by atoms with Crippen LogP contribution in [0.1, 0.15) is 5.56 Å². The standard InChI is InChI=1S/C12H16N2O3/c1-4-10-5-6-11(14(15)16)12(9-10)17-8-7-13(2)3/h4-6,9H,1,7-8H2,2-3H3. The van der Waals surface area contributed by atoms with Gasteiger partial charge < -0.3 is 9.64 Å². The molecule has 1 rings (SSSR count). The molecule has 0 atom stereocenters. The predicted octanol–water partition coefficient (Wildman–Crippen LogP) is 2.18. The fraction of sp³-hybridized carbons (Fsp3) is 0.333. The molecular weight excluding hydrogens is 220 g/mol. The van der Waals surface area contributed by atoms with E-state index in [9.17, 15) is 10.1 Å². The van der Waals surface area contributed by atoms with Gasteiger partial charge in [0.25, 0.3) is 0 Å². The quantitative estimate of drug-likeness (QED) is 0.561. The fourth-order valence-electron chi connectivity index (χ4n) is 1.26. The van der Waals surface area contributed by atoms with E-state index in [-0.39, 0.29) is 11.4 Å². The van der Waals surface area contributed by atoms with Crippen molar-refractivity contribution in [3.8, 4) is 5.75 Å². The summed E-state index contributed by atoms with van der Waals surface area (Å²) in [6, 6.07) is 4.70. The van der Waals surface area contributed by atoms with E-state index < -0.39 is 4.92 Å². The summed E-state index contributed by atoms with van der Waals surface area (Å²) in [6.45, 7) is 4.74. The largest absolute Gasteiger partial charge is 0.485 e. The lowest BCUT2D eigenvalue weighted by Crippen LogP contribution is -2.19. The Kier molecular flexibility index (Phi) is 4.66. The van der Waals surface area contributed by atoms with Crippen molar-refractivity contribution in [1.82, 2.24) is 4.90 Å². The number of hydrogen-bond donors (Lipinski definition) is 0. The van der Waals surface area contributed by atoms with E-state index in [2.05, 4.69) is 6.58 Å². The lowest BCUT2D eigenvalue weighted by molar-refractivity contribution is -0.385. The number of rotatable bonds is 6. The zero-order chi connectivity index (χ0) is 12.8. The van der Waals surface area contributed by atoms with Crippen molar-refractivity contribution in [3.63, 3.8) is 0 Å². The fourth-order valence-corrected chi connectivity index (χ4v) is 1.26. The lowest BCUT2D eigenvalue weighted by atomic mass is 10.2. The van der Waals surface area contributed by atoms with Crippen LogP contribution < -0.4 is 4.74 Å². The molecule has 92 valence electrons. The zero-order valence-electron chi connectivity index (χ0n) is 10.0. The number of nitro benzene ring substituents is 1. The molecule has 0 radical (unpaired) electrons. The number of hydrogen-bond acceptors (Lipinski definition) is 4. The topological polar surface area (TPSA) is 55.6 Å². The van der Waals surface area contributed by atoms with Crippen molar-refractivity contribution in [2.75, 3.05) is 27.2 Å². The Hall–Kier alpha value is -1.88. The molecule has 0 aliphatic heterocycles. The Morgan fingerprint density at radius 3 is 2.76 bits per heavy atom. The maximum atomic E-state index is 10.8. The van der Waals surface area contributed by atoms with Gasteiger partial charge in [0, 0.05) is 12.6 Å². The maximum absolute atomic E-state index is 10.8. The second kappa shape index (κ2) is 6.00. The van der Waals surface area contributed by atoms with Gasteiger partial charge in [-0.1, -0.05) is 12.7 Å². The zero-order valence-corrected chi connectivity index (χ0v) is 10.0. The molecule has 0 unspecified atom stereocenters. The van der Waals surface area contributed by atoms with Crippen LogP contribution in [0.3, 0.4) is 0 Å². The molecule has 1 aromatic rings. The van der Waals surface area contributed by atoms with Crippen molar-refractivity contribution in [3.05, 3.63) is 40.5 Å². The molecule has 0 aliphatic rings. The Bertz CT molecular complexity index is 416. The third-order valence-corrected chi connectivity index (χ3v) is 2.21. The summed E-state index contributed by atoms with van der Waals surface area (Å²) in [5, 5.41) is 10.8. The minimum Gasteiger partial charge on any atom is -0.485 e. The van der Waals surface area contributed by atoms with E-state index in [4.69, 9.17) is 4.74 Å². The van der Waals surface area contributed by atoms with Gasteiger partial charge >= 0.3 is 5.69 Å². The van der Waals surface area contributed by atoms with Gasteiger partial charge in [0.15, 0.2) is 5.75 Å². The second-order valence-corrected chi connectivity index (χ2v) is 3.84. The number of ether oxygens (including phenoxy) is 1. The average molecular weight is 236 g/mol. The van der Waals surface area contributed by atoms with Crippen molar-refractivity contribution in [2.24, 2.45) is 0 Å². The van der Waals surface area contributed by atoms with E-state index in [0.29, 0.717) is 13.2 Å². The highest BCUT2D eigenvalue weighted by molar-refractivity contribution is 5.57. The normalized spacial score (nSPS) is 10.3. The highest BCUT2D eigenvalue weighted by Gasteiger charge is 2.14. The monoisotopic (exact) mass is 236 g/mol. The highest BCUT2D eigenvalue weighted by atomic mass is 16.6. The first-order valence-electron chi connectivity index (χ1n) is 5.23. The average Bonchev–Trinajstić information content (AvgIpc) is 2.28. The Morgan fingerprint density at radius 2 is 2.24 bits per heavy atom. The summed E-state index contributed by atoms with van der Waals surface area (Å²) in [5.41, 5.74) is 0.782. The Morgan fingerprint density at radius 1 is 1.53 bits per heavy atom. The van der Waals surface area contributed by atoms with Gasteiger partial charge in [-0.3, -0.25) is 10.1 Å². The highest BCUT2D eigenvalue weighted by Crippen LogP contribution is 2.28. The van der Waals surface area contributed by atoms with Crippen LogP contribution in [0.4, 0.5) is 5.69 Å². The van der Waals surface area contributed by atoms with E-state index >= 15 is 0 Å². The van der Waals surface area contributed by atoms with E-state index in [1.807, 2.05) is 19.0 Å². The van der Waals surface area contributed by atoms with E-state index in [1.54, 1.807) is 18.2 Å². The van der Waals surface area contributed by atoms with Crippen molar-refractivity contribution < 1.29 is 9.66 Å². The van der Waals surface area contributed by atoms with Crippen molar-refractivity contribution in [2.45, 2.75) is 0 Å². The van der Waals surface area contributed by atoms with Crippen LogP contribution >= 0.6 is 0 Å². The third kappa shape index (κ3) is 3.88. The summed E-state index contributed by atoms with van der Waals surface area (Å²) < 4.78 is 5.42. The van der Waals surface area contributed by atoms with Crippen LogP contribution in [-0.2, 0) is 0 Å². The maximum Gasteiger partial charge on any atom is 0.310 e. The SMILES string of the molecule is C=Cc1ccc([N+](=O)[O-])c(OCCN(C)C)c1. The molecule has 0 heterocycles. The first kappa shape index (κ1) is 13.2. The minimum absolute atomic E-state index is 0.0191. The first-order chi connectivity index (χ1) is 8.04. The van der Waals surface area contributed by atoms with Gasteiger partial charge in [-0.25, -0.2) is 0 Å². The Labute approximate surface area is 100 Å². The lowest BCUT2D eigenvalue weighted by Gasteiger charge is -2.11. The van der Waals surface area contributed by atoms with E-state index in [0.717, 1.165) is 5.56 Å². The Balaban J connectivity index is 2.85. The first-order valence-corrected chi connectivity index (χ1v) is 5.23. The van der Waals surface area contributed by atoms with Gasteiger partial charge in [0.1, 0.15) is 6.61 Å².